The lowest BCUT2D eigenvalue weighted by atomic mass is 10.2. The summed E-state index contributed by atoms with van der Waals surface area (Å²) in [6.45, 7) is 4.12. The number of morpholine rings is 1. The summed E-state index contributed by atoms with van der Waals surface area (Å²) < 4.78 is 5.41. The van der Waals surface area contributed by atoms with E-state index in [-0.39, 0.29) is 17.5 Å². The number of para-hydroxylation sites is 2. The molecule has 154 valence electrons. The van der Waals surface area contributed by atoms with Crippen molar-refractivity contribution in [2.45, 2.75) is 0 Å². The number of carbonyl (C=O) groups excluding carboxylic acids is 2. The second-order valence-electron chi connectivity index (χ2n) is 7.06. The molecular formula is C21H27N5O3. The molecular weight excluding hydrogens is 370 g/mol. The van der Waals surface area contributed by atoms with Crippen LogP contribution >= 0.6 is 0 Å². The third-order valence-electron chi connectivity index (χ3n) is 4.60. The number of anilines is 2. The van der Waals surface area contributed by atoms with Crippen molar-refractivity contribution < 1.29 is 14.3 Å². The van der Waals surface area contributed by atoms with Gasteiger partial charge in [0.2, 0.25) is 0 Å². The highest BCUT2D eigenvalue weighted by atomic mass is 16.5. The fourth-order valence-corrected chi connectivity index (χ4v) is 3.03. The lowest BCUT2D eigenvalue weighted by molar-refractivity contribution is 0.0946. The van der Waals surface area contributed by atoms with Crippen molar-refractivity contribution in [2.24, 2.45) is 0 Å². The van der Waals surface area contributed by atoms with Crippen LogP contribution in [-0.2, 0) is 4.74 Å². The zero-order valence-electron chi connectivity index (χ0n) is 16.9. The summed E-state index contributed by atoms with van der Waals surface area (Å²) >= 11 is 0. The molecule has 2 amide bonds. The van der Waals surface area contributed by atoms with E-state index in [2.05, 4.69) is 20.5 Å². The van der Waals surface area contributed by atoms with Gasteiger partial charge in [0, 0.05) is 37.9 Å². The molecule has 0 aliphatic carbocycles. The fourth-order valence-electron chi connectivity index (χ4n) is 3.03. The molecule has 0 saturated carbocycles. The van der Waals surface area contributed by atoms with Gasteiger partial charge in [0.25, 0.3) is 11.8 Å². The maximum absolute atomic E-state index is 12.8. The number of amides is 2. The molecule has 29 heavy (non-hydrogen) atoms. The Morgan fingerprint density at radius 2 is 1.90 bits per heavy atom. The molecule has 0 radical (unpaired) electrons. The van der Waals surface area contributed by atoms with Gasteiger partial charge in [0.15, 0.2) is 0 Å². The normalized spacial score (nSPS) is 14.0. The van der Waals surface area contributed by atoms with Gasteiger partial charge in [-0.05, 0) is 38.4 Å². The Labute approximate surface area is 170 Å². The summed E-state index contributed by atoms with van der Waals surface area (Å²) in [5.74, 6) is -0.578. The van der Waals surface area contributed by atoms with Crippen LogP contribution in [0.4, 0.5) is 11.4 Å². The van der Waals surface area contributed by atoms with E-state index in [4.69, 9.17) is 4.74 Å². The number of aromatic nitrogens is 1. The summed E-state index contributed by atoms with van der Waals surface area (Å²) in [4.78, 5) is 33.3. The SMILES string of the molecule is CN(C)CCNC(=O)c1cc(C(=O)Nc2ccccc2N2CCOCC2)ccn1. The zero-order chi connectivity index (χ0) is 20.6. The maximum atomic E-state index is 12.8. The van der Waals surface area contributed by atoms with Crippen molar-refractivity contribution in [3.63, 3.8) is 0 Å². The van der Waals surface area contributed by atoms with Crippen LogP contribution in [0.5, 0.6) is 0 Å². The largest absolute Gasteiger partial charge is 0.378 e. The lowest BCUT2D eigenvalue weighted by Crippen LogP contribution is -2.36. The summed E-state index contributed by atoms with van der Waals surface area (Å²) in [6.07, 6.45) is 1.48. The Morgan fingerprint density at radius 3 is 2.66 bits per heavy atom. The zero-order valence-corrected chi connectivity index (χ0v) is 16.9. The van der Waals surface area contributed by atoms with Crippen LogP contribution in [-0.4, -0.2) is 75.2 Å². The van der Waals surface area contributed by atoms with E-state index in [0.29, 0.717) is 25.3 Å². The summed E-state index contributed by atoms with van der Waals surface area (Å²) in [6, 6.07) is 10.8. The van der Waals surface area contributed by atoms with Crippen molar-refractivity contribution in [3.05, 3.63) is 53.9 Å². The molecule has 3 rings (SSSR count). The summed E-state index contributed by atoms with van der Waals surface area (Å²) in [5, 5.41) is 5.77. The van der Waals surface area contributed by atoms with Gasteiger partial charge in [-0.15, -0.1) is 0 Å². The van der Waals surface area contributed by atoms with Crippen molar-refractivity contribution >= 4 is 23.2 Å². The fraction of sp³-hybridized carbons (Fsp3) is 0.381. The third-order valence-corrected chi connectivity index (χ3v) is 4.60. The van der Waals surface area contributed by atoms with Crippen LogP contribution in [0.3, 0.4) is 0 Å². The van der Waals surface area contributed by atoms with Gasteiger partial charge in [-0.2, -0.15) is 0 Å². The number of pyridine rings is 1. The molecule has 1 saturated heterocycles. The highest BCUT2D eigenvalue weighted by molar-refractivity contribution is 6.07. The van der Waals surface area contributed by atoms with Gasteiger partial charge >= 0.3 is 0 Å². The average molecular weight is 397 g/mol. The number of ether oxygens (including phenoxy) is 1. The highest BCUT2D eigenvalue weighted by Gasteiger charge is 2.17. The Hall–Kier alpha value is -2.97. The van der Waals surface area contributed by atoms with Gasteiger partial charge in [0.05, 0.1) is 24.6 Å². The van der Waals surface area contributed by atoms with E-state index in [9.17, 15) is 9.59 Å². The van der Waals surface area contributed by atoms with Gasteiger partial charge in [-0.25, -0.2) is 0 Å². The highest BCUT2D eigenvalue weighted by Crippen LogP contribution is 2.26. The van der Waals surface area contributed by atoms with Crippen molar-refractivity contribution in [1.29, 1.82) is 0 Å². The molecule has 8 heteroatoms. The molecule has 0 bridgehead atoms. The predicted octanol–water partition coefficient (Wildman–Crippen LogP) is 1.46. The number of nitrogens with zero attached hydrogens (tertiary/aromatic N) is 3. The van der Waals surface area contributed by atoms with Gasteiger partial charge in [-0.1, -0.05) is 12.1 Å². The topological polar surface area (TPSA) is 86.8 Å². The van der Waals surface area contributed by atoms with Crippen LogP contribution < -0.4 is 15.5 Å². The monoisotopic (exact) mass is 397 g/mol. The minimum atomic E-state index is -0.296. The number of carbonyl (C=O) groups is 2. The second-order valence-corrected chi connectivity index (χ2v) is 7.06. The molecule has 1 aromatic heterocycles. The molecule has 1 aromatic carbocycles. The van der Waals surface area contributed by atoms with Crippen LogP contribution in [0.25, 0.3) is 0 Å². The first-order chi connectivity index (χ1) is 14.0. The van der Waals surface area contributed by atoms with Crippen LogP contribution in [0, 0.1) is 0 Å². The van der Waals surface area contributed by atoms with Gasteiger partial charge < -0.3 is 25.2 Å². The second kappa shape index (κ2) is 9.99. The van der Waals surface area contributed by atoms with Crippen molar-refractivity contribution in [2.75, 3.05) is 63.7 Å². The van der Waals surface area contributed by atoms with E-state index in [0.717, 1.165) is 31.0 Å². The number of nitrogens with one attached hydrogen (secondary N) is 2. The number of benzene rings is 1. The van der Waals surface area contributed by atoms with E-state index >= 15 is 0 Å². The predicted molar refractivity (Wildman–Crippen MR) is 113 cm³/mol. The van der Waals surface area contributed by atoms with Crippen LogP contribution in [0.1, 0.15) is 20.8 Å². The quantitative estimate of drug-likeness (QED) is 0.736. The van der Waals surface area contributed by atoms with E-state index in [1.165, 1.54) is 12.3 Å². The van der Waals surface area contributed by atoms with Gasteiger partial charge in [-0.3, -0.25) is 14.6 Å². The molecule has 1 fully saturated rings. The van der Waals surface area contributed by atoms with E-state index in [1.54, 1.807) is 6.07 Å². The van der Waals surface area contributed by atoms with Crippen molar-refractivity contribution in [3.8, 4) is 0 Å². The first-order valence-corrected chi connectivity index (χ1v) is 9.66. The van der Waals surface area contributed by atoms with E-state index in [1.807, 2.05) is 43.3 Å². The van der Waals surface area contributed by atoms with Gasteiger partial charge in [0.1, 0.15) is 5.69 Å². The Bertz CT molecular complexity index is 850. The van der Waals surface area contributed by atoms with Crippen molar-refractivity contribution in [1.82, 2.24) is 15.2 Å². The molecule has 8 nitrogen and oxygen atoms in total. The number of hydrogen-bond donors (Lipinski definition) is 2. The first kappa shape index (κ1) is 20.8. The number of hydrogen-bond acceptors (Lipinski definition) is 6. The first-order valence-electron chi connectivity index (χ1n) is 9.66. The molecule has 0 spiro atoms. The molecule has 1 aliphatic heterocycles. The number of likely N-dealkylation sites (N-methyl/N-ethyl adjacent to an activating group) is 1. The molecule has 2 heterocycles. The standard InChI is InChI=1S/C21H27N5O3/c1-25(2)10-9-23-21(28)18-15-16(7-8-22-18)20(27)24-17-5-3-4-6-19(17)26-11-13-29-14-12-26/h3-8,15H,9-14H2,1-2H3,(H,23,28)(H,24,27). The lowest BCUT2D eigenvalue weighted by Gasteiger charge is -2.30. The number of rotatable bonds is 7. The molecule has 0 atom stereocenters. The minimum absolute atomic E-state index is 0.220. The van der Waals surface area contributed by atoms with Crippen LogP contribution in [0.2, 0.25) is 0 Å². The molecule has 2 aromatic rings. The Balaban J connectivity index is 1.69. The smallest absolute Gasteiger partial charge is 0.269 e. The Kier molecular flexibility index (Phi) is 7.15. The van der Waals surface area contributed by atoms with Crippen LogP contribution in [0.15, 0.2) is 42.6 Å². The average Bonchev–Trinajstić information content (AvgIpc) is 2.74. The molecule has 1 aliphatic rings. The minimum Gasteiger partial charge on any atom is -0.378 e. The maximum Gasteiger partial charge on any atom is 0.269 e. The molecule has 2 N–H and O–H groups in total. The molecule has 0 unspecified atom stereocenters. The Morgan fingerprint density at radius 1 is 1.14 bits per heavy atom. The third kappa shape index (κ3) is 5.75. The summed E-state index contributed by atoms with van der Waals surface area (Å²) in [5.41, 5.74) is 2.29. The summed E-state index contributed by atoms with van der Waals surface area (Å²) in [7, 11) is 3.87. The van der Waals surface area contributed by atoms with E-state index < -0.39 is 0 Å².